The first kappa shape index (κ1) is 13.7. The number of hydrogen-bond acceptors (Lipinski definition) is 6. The van der Waals surface area contributed by atoms with Crippen LogP contribution in [0.3, 0.4) is 0 Å². The molecule has 0 saturated carbocycles. The van der Waals surface area contributed by atoms with Gasteiger partial charge in [-0.2, -0.15) is 10.1 Å². The molecule has 0 aliphatic rings. The fourth-order valence-electron chi connectivity index (χ4n) is 1.67. The van der Waals surface area contributed by atoms with Crippen molar-refractivity contribution < 1.29 is 9.26 Å². The summed E-state index contributed by atoms with van der Waals surface area (Å²) >= 11 is 0. The molecule has 19 heavy (non-hydrogen) atoms. The topological polar surface area (TPSA) is 78.0 Å². The van der Waals surface area contributed by atoms with Crippen LogP contribution in [0.2, 0.25) is 0 Å². The standard InChI is InChI=1S/C12H19N5O2/c1-10(9-17-6-3-5-14-17)13-8-12-15-11(16-19-12)4-7-18-2/h3,5-6,10,13H,4,7-9H2,1-2H3/t10-/m1/s1. The summed E-state index contributed by atoms with van der Waals surface area (Å²) in [4.78, 5) is 4.27. The summed E-state index contributed by atoms with van der Waals surface area (Å²) in [6.45, 7) is 4.05. The van der Waals surface area contributed by atoms with Crippen LogP contribution in [0.4, 0.5) is 0 Å². The van der Waals surface area contributed by atoms with Gasteiger partial charge in [0.05, 0.1) is 19.7 Å². The first-order valence-corrected chi connectivity index (χ1v) is 6.29. The Morgan fingerprint density at radius 1 is 1.53 bits per heavy atom. The Balaban J connectivity index is 1.73. The number of aromatic nitrogens is 4. The van der Waals surface area contributed by atoms with Crippen LogP contribution >= 0.6 is 0 Å². The van der Waals surface area contributed by atoms with Crippen molar-refractivity contribution in [3.63, 3.8) is 0 Å². The molecule has 0 aromatic carbocycles. The molecule has 104 valence electrons. The molecule has 1 N–H and O–H groups in total. The SMILES string of the molecule is COCCc1noc(CN[C@H](C)Cn2cccn2)n1. The van der Waals surface area contributed by atoms with E-state index in [1.165, 1.54) is 0 Å². The molecule has 7 heteroatoms. The van der Waals surface area contributed by atoms with Crippen molar-refractivity contribution in [2.45, 2.75) is 32.5 Å². The number of ether oxygens (including phenoxy) is 1. The molecule has 0 unspecified atom stereocenters. The third kappa shape index (κ3) is 4.46. The smallest absolute Gasteiger partial charge is 0.240 e. The lowest BCUT2D eigenvalue weighted by Gasteiger charge is -2.11. The summed E-state index contributed by atoms with van der Waals surface area (Å²) in [6, 6.07) is 2.18. The predicted molar refractivity (Wildman–Crippen MR) is 68.4 cm³/mol. The zero-order chi connectivity index (χ0) is 13.5. The largest absolute Gasteiger partial charge is 0.384 e. The second-order valence-electron chi connectivity index (χ2n) is 4.36. The van der Waals surface area contributed by atoms with E-state index < -0.39 is 0 Å². The fraction of sp³-hybridized carbons (Fsp3) is 0.583. The van der Waals surface area contributed by atoms with Crippen LogP contribution in [0.5, 0.6) is 0 Å². The number of hydrogen-bond donors (Lipinski definition) is 1. The van der Waals surface area contributed by atoms with Crippen molar-refractivity contribution in [2.24, 2.45) is 0 Å². The van der Waals surface area contributed by atoms with Gasteiger partial charge in [-0.3, -0.25) is 4.68 Å². The van der Waals surface area contributed by atoms with E-state index in [4.69, 9.17) is 9.26 Å². The quantitative estimate of drug-likeness (QED) is 0.754. The van der Waals surface area contributed by atoms with E-state index in [-0.39, 0.29) is 6.04 Å². The summed E-state index contributed by atoms with van der Waals surface area (Å²) in [6.07, 6.45) is 4.38. The molecule has 0 fully saturated rings. The molecular weight excluding hydrogens is 246 g/mol. The Kier molecular flexibility index (Phi) is 5.05. The first-order valence-electron chi connectivity index (χ1n) is 6.29. The third-order valence-electron chi connectivity index (χ3n) is 2.66. The molecule has 2 heterocycles. The minimum Gasteiger partial charge on any atom is -0.384 e. The molecule has 2 rings (SSSR count). The maximum Gasteiger partial charge on any atom is 0.240 e. The maximum absolute atomic E-state index is 5.15. The van der Waals surface area contributed by atoms with Crippen LogP contribution < -0.4 is 5.32 Å². The lowest BCUT2D eigenvalue weighted by molar-refractivity contribution is 0.199. The first-order chi connectivity index (χ1) is 9.28. The highest BCUT2D eigenvalue weighted by Crippen LogP contribution is 1.99. The number of nitrogens with zero attached hydrogens (tertiary/aromatic N) is 4. The van der Waals surface area contributed by atoms with Crippen LogP contribution in [0.1, 0.15) is 18.6 Å². The van der Waals surface area contributed by atoms with Gasteiger partial charge in [0.1, 0.15) is 0 Å². The van der Waals surface area contributed by atoms with E-state index in [0.29, 0.717) is 31.3 Å². The van der Waals surface area contributed by atoms with Crippen molar-refractivity contribution >= 4 is 0 Å². The molecule has 7 nitrogen and oxygen atoms in total. The summed E-state index contributed by atoms with van der Waals surface area (Å²) in [5, 5.41) is 11.4. The number of rotatable bonds is 8. The third-order valence-corrected chi connectivity index (χ3v) is 2.66. The van der Waals surface area contributed by atoms with E-state index in [1.54, 1.807) is 13.3 Å². The zero-order valence-corrected chi connectivity index (χ0v) is 11.2. The second kappa shape index (κ2) is 7.01. The molecule has 1 atom stereocenters. The Labute approximate surface area is 111 Å². The van der Waals surface area contributed by atoms with E-state index in [9.17, 15) is 0 Å². The fourth-order valence-corrected chi connectivity index (χ4v) is 1.67. The van der Waals surface area contributed by atoms with Crippen LogP contribution in [-0.2, 0) is 24.2 Å². The molecule has 0 bridgehead atoms. The average Bonchev–Trinajstić information content (AvgIpc) is 3.05. The summed E-state index contributed by atoms with van der Waals surface area (Å²) in [7, 11) is 1.65. The highest BCUT2D eigenvalue weighted by Gasteiger charge is 2.08. The predicted octanol–water partition coefficient (Wildman–Crippen LogP) is 0.633. The average molecular weight is 265 g/mol. The van der Waals surface area contributed by atoms with Gasteiger partial charge in [0.15, 0.2) is 5.82 Å². The molecule has 0 radical (unpaired) electrons. The molecule has 2 aromatic rings. The van der Waals surface area contributed by atoms with Crippen molar-refractivity contribution in [3.05, 3.63) is 30.2 Å². The van der Waals surface area contributed by atoms with Gasteiger partial charge in [-0.1, -0.05) is 5.16 Å². The summed E-state index contributed by atoms with van der Waals surface area (Å²) < 4.78 is 12.0. The van der Waals surface area contributed by atoms with E-state index in [0.717, 1.165) is 6.54 Å². The van der Waals surface area contributed by atoms with E-state index in [2.05, 4.69) is 27.5 Å². The normalized spacial score (nSPS) is 12.7. The number of nitrogens with one attached hydrogen (secondary N) is 1. The number of methoxy groups -OCH3 is 1. The van der Waals surface area contributed by atoms with Gasteiger partial charge in [-0.25, -0.2) is 0 Å². The molecule has 0 saturated heterocycles. The maximum atomic E-state index is 5.15. The van der Waals surface area contributed by atoms with Gasteiger partial charge in [-0.15, -0.1) is 0 Å². The lowest BCUT2D eigenvalue weighted by atomic mass is 10.3. The van der Waals surface area contributed by atoms with Crippen LogP contribution in [0.15, 0.2) is 23.0 Å². The lowest BCUT2D eigenvalue weighted by Crippen LogP contribution is -2.30. The van der Waals surface area contributed by atoms with Crippen molar-refractivity contribution in [1.29, 1.82) is 0 Å². The van der Waals surface area contributed by atoms with Crippen molar-refractivity contribution in [3.8, 4) is 0 Å². The molecule has 0 aliphatic heterocycles. The minimum absolute atomic E-state index is 0.272. The Hall–Kier alpha value is -1.73. The van der Waals surface area contributed by atoms with Gasteiger partial charge >= 0.3 is 0 Å². The minimum atomic E-state index is 0.272. The zero-order valence-electron chi connectivity index (χ0n) is 11.2. The van der Waals surface area contributed by atoms with Gasteiger partial charge in [0, 0.05) is 32.0 Å². The molecule has 0 amide bonds. The second-order valence-corrected chi connectivity index (χ2v) is 4.36. The molecule has 0 aliphatic carbocycles. The van der Waals surface area contributed by atoms with Crippen molar-refractivity contribution in [1.82, 2.24) is 25.2 Å². The van der Waals surface area contributed by atoms with E-state index >= 15 is 0 Å². The van der Waals surface area contributed by atoms with Gasteiger partial charge in [0.25, 0.3) is 0 Å². The Morgan fingerprint density at radius 3 is 3.16 bits per heavy atom. The Morgan fingerprint density at radius 2 is 2.42 bits per heavy atom. The Bertz CT molecular complexity index is 468. The molecule has 0 spiro atoms. The molecular formula is C12H19N5O2. The monoisotopic (exact) mass is 265 g/mol. The summed E-state index contributed by atoms with van der Waals surface area (Å²) in [5.41, 5.74) is 0. The highest BCUT2D eigenvalue weighted by atomic mass is 16.5. The summed E-state index contributed by atoms with van der Waals surface area (Å²) in [5.74, 6) is 1.27. The van der Waals surface area contributed by atoms with Crippen LogP contribution in [0, 0.1) is 0 Å². The van der Waals surface area contributed by atoms with Gasteiger partial charge < -0.3 is 14.6 Å². The van der Waals surface area contributed by atoms with Crippen molar-refractivity contribution in [2.75, 3.05) is 13.7 Å². The van der Waals surface area contributed by atoms with Crippen LogP contribution in [0.25, 0.3) is 0 Å². The highest BCUT2D eigenvalue weighted by molar-refractivity contribution is 4.86. The van der Waals surface area contributed by atoms with E-state index in [1.807, 2.05) is 16.9 Å². The van der Waals surface area contributed by atoms with Gasteiger partial charge in [0.2, 0.25) is 5.89 Å². The molecule has 2 aromatic heterocycles. The van der Waals surface area contributed by atoms with Gasteiger partial charge in [-0.05, 0) is 13.0 Å². The van der Waals surface area contributed by atoms with Crippen LogP contribution in [-0.4, -0.2) is 39.7 Å².